The van der Waals surface area contributed by atoms with E-state index in [0.717, 1.165) is 17.7 Å². The number of esters is 1. The van der Waals surface area contributed by atoms with Crippen LogP contribution < -0.4 is 5.32 Å². The topological polar surface area (TPSA) is 63.0 Å². The van der Waals surface area contributed by atoms with Crippen LogP contribution in [0.4, 0.5) is 28.9 Å². The Kier molecular flexibility index (Phi) is 8.03. The largest absolute Gasteiger partial charge is 0.462 e. The normalized spacial score (nSPS) is 11.7. The van der Waals surface area contributed by atoms with Crippen molar-refractivity contribution in [3.8, 4) is 11.1 Å². The second-order valence-corrected chi connectivity index (χ2v) is 8.23. The smallest absolute Gasteiger partial charge is 0.416 e. The van der Waals surface area contributed by atoms with Gasteiger partial charge in [0.1, 0.15) is 15.6 Å². The highest BCUT2D eigenvalue weighted by Crippen LogP contribution is 2.47. The van der Waals surface area contributed by atoms with Crippen molar-refractivity contribution in [1.82, 2.24) is 0 Å². The lowest BCUT2D eigenvalue weighted by molar-refractivity contribution is -0.137. The third-order valence-corrected chi connectivity index (χ3v) is 5.69. The van der Waals surface area contributed by atoms with Gasteiger partial charge in [-0.05, 0) is 36.8 Å². The Labute approximate surface area is 195 Å². The molecule has 0 unspecified atom stereocenters. The molecular formula is C22H19BrF3N3O2S. The molecule has 0 saturated heterocycles. The van der Waals surface area contributed by atoms with E-state index >= 15 is 0 Å². The summed E-state index contributed by atoms with van der Waals surface area (Å²) in [4.78, 5) is 12.8. The molecule has 0 aliphatic carbocycles. The quantitative estimate of drug-likeness (QED) is 0.185. The van der Waals surface area contributed by atoms with Crippen molar-refractivity contribution in [1.29, 1.82) is 0 Å². The van der Waals surface area contributed by atoms with E-state index in [1.54, 1.807) is 6.92 Å². The second-order valence-electron chi connectivity index (χ2n) is 6.43. The summed E-state index contributed by atoms with van der Waals surface area (Å²) in [6.45, 7) is 2.50. The van der Waals surface area contributed by atoms with E-state index in [0.29, 0.717) is 33.0 Å². The first-order valence-electron chi connectivity index (χ1n) is 9.63. The lowest BCUT2D eigenvalue weighted by Crippen LogP contribution is -2.10. The molecule has 2 aromatic carbocycles. The summed E-state index contributed by atoms with van der Waals surface area (Å²) in [5, 5.41) is 13.3. The van der Waals surface area contributed by atoms with Crippen LogP contribution in [0, 0.1) is 0 Å². The monoisotopic (exact) mass is 525 g/mol. The SMILES string of the molecule is CCOC(=O)c1c(NCCBr)sc(N=Nc2ccc(C(F)(F)F)cc2)c1-c1ccccc1. The number of halogens is 4. The molecule has 10 heteroatoms. The highest BCUT2D eigenvalue weighted by atomic mass is 79.9. The molecule has 0 atom stereocenters. The Bertz CT molecular complexity index is 1080. The fourth-order valence-electron chi connectivity index (χ4n) is 2.87. The Morgan fingerprint density at radius 3 is 2.38 bits per heavy atom. The van der Waals surface area contributed by atoms with E-state index in [2.05, 4.69) is 31.5 Å². The number of carbonyl (C=O) groups is 1. The minimum absolute atomic E-state index is 0.212. The first-order chi connectivity index (χ1) is 15.3. The summed E-state index contributed by atoms with van der Waals surface area (Å²) in [6.07, 6.45) is -4.42. The molecule has 0 amide bonds. The molecule has 0 radical (unpaired) electrons. The van der Waals surface area contributed by atoms with Crippen molar-refractivity contribution in [3.05, 3.63) is 65.7 Å². The van der Waals surface area contributed by atoms with Crippen molar-refractivity contribution in [2.24, 2.45) is 10.2 Å². The predicted molar refractivity (Wildman–Crippen MR) is 124 cm³/mol. The summed E-state index contributed by atoms with van der Waals surface area (Å²) in [7, 11) is 0. The summed E-state index contributed by atoms with van der Waals surface area (Å²) >= 11 is 4.58. The minimum Gasteiger partial charge on any atom is -0.462 e. The maximum absolute atomic E-state index is 12.8. The summed E-state index contributed by atoms with van der Waals surface area (Å²) in [6, 6.07) is 13.6. The Balaban J connectivity index is 2.07. The molecule has 5 nitrogen and oxygen atoms in total. The average Bonchev–Trinajstić information content (AvgIpc) is 3.15. The molecule has 3 rings (SSSR count). The highest BCUT2D eigenvalue weighted by Gasteiger charge is 2.30. The Hall–Kier alpha value is -2.72. The van der Waals surface area contributed by atoms with Crippen LogP contribution >= 0.6 is 27.3 Å². The van der Waals surface area contributed by atoms with E-state index in [1.807, 2.05) is 30.3 Å². The number of carbonyl (C=O) groups excluding carboxylic acids is 1. The molecule has 0 aliphatic heterocycles. The molecule has 0 spiro atoms. The maximum Gasteiger partial charge on any atom is 0.416 e. The van der Waals surface area contributed by atoms with Gasteiger partial charge in [0.2, 0.25) is 0 Å². The fourth-order valence-corrected chi connectivity index (χ4v) is 4.12. The van der Waals surface area contributed by atoms with Gasteiger partial charge in [0.15, 0.2) is 0 Å². The summed E-state index contributed by atoms with van der Waals surface area (Å²) < 4.78 is 43.6. The van der Waals surface area contributed by atoms with E-state index < -0.39 is 17.7 Å². The molecule has 1 N–H and O–H groups in total. The standard InChI is InChI=1S/C22H19BrF3N3O2S/c1-2-31-21(30)18-17(14-6-4-3-5-7-14)20(32-19(18)27-13-12-23)29-28-16-10-8-15(9-11-16)22(24,25)26/h3-11,27H,2,12-13H2,1H3. The third kappa shape index (κ3) is 5.74. The number of alkyl halides is 4. The molecule has 0 bridgehead atoms. The van der Waals surface area contributed by atoms with E-state index in [4.69, 9.17) is 4.74 Å². The van der Waals surface area contributed by atoms with Crippen LogP contribution in [0.1, 0.15) is 22.8 Å². The van der Waals surface area contributed by atoms with Crippen molar-refractivity contribution >= 4 is 48.9 Å². The van der Waals surface area contributed by atoms with Crippen LogP contribution in [-0.2, 0) is 10.9 Å². The highest BCUT2D eigenvalue weighted by molar-refractivity contribution is 9.09. The van der Waals surface area contributed by atoms with Crippen molar-refractivity contribution in [2.75, 3.05) is 23.8 Å². The third-order valence-electron chi connectivity index (χ3n) is 4.26. The zero-order valence-corrected chi connectivity index (χ0v) is 19.4. The molecule has 168 valence electrons. The van der Waals surface area contributed by atoms with Gasteiger partial charge in [-0.15, -0.1) is 10.2 Å². The molecule has 0 fully saturated rings. The molecular weight excluding hydrogens is 507 g/mol. The van der Waals surface area contributed by atoms with Gasteiger partial charge in [-0.3, -0.25) is 0 Å². The van der Waals surface area contributed by atoms with Crippen molar-refractivity contribution in [3.63, 3.8) is 0 Å². The first kappa shape index (κ1) is 23.9. The van der Waals surface area contributed by atoms with Gasteiger partial charge in [-0.2, -0.15) is 13.2 Å². The van der Waals surface area contributed by atoms with Crippen molar-refractivity contribution in [2.45, 2.75) is 13.1 Å². The van der Waals surface area contributed by atoms with Crippen LogP contribution in [0.2, 0.25) is 0 Å². The Morgan fingerprint density at radius 1 is 1.09 bits per heavy atom. The predicted octanol–water partition coefficient (Wildman–Crippen LogP) is 7.83. The number of benzene rings is 2. The van der Waals surface area contributed by atoms with Crippen LogP contribution in [0.3, 0.4) is 0 Å². The molecule has 3 aromatic rings. The van der Waals surface area contributed by atoms with Gasteiger partial charge in [0.25, 0.3) is 0 Å². The summed E-state index contributed by atoms with van der Waals surface area (Å²) in [5.74, 6) is -0.490. The lowest BCUT2D eigenvalue weighted by Gasteiger charge is -2.08. The molecule has 1 aromatic heterocycles. The van der Waals surface area contributed by atoms with Crippen LogP contribution in [-0.4, -0.2) is 24.5 Å². The van der Waals surface area contributed by atoms with Gasteiger partial charge < -0.3 is 10.1 Å². The van der Waals surface area contributed by atoms with Gasteiger partial charge in [-0.25, -0.2) is 4.79 Å². The number of anilines is 1. The zero-order valence-electron chi connectivity index (χ0n) is 16.9. The number of nitrogens with zero attached hydrogens (tertiary/aromatic N) is 2. The maximum atomic E-state index is 12.8. The lowest BCUT2D eigenvalue weighted by atomic mass is 10.0. The molecule has 1 heterocycles. The number of thiophene rings is 1. The molecule has 0 saturated carbocycles. The zero-order chi connectivity index (χ0) is 23.1. The number of hydrogen-bond acceptors (Lipinski definition) is 6. The van der Waals surface area contributed by atoms with Crippen molar-refractivity contribution < 1.29 is 22.7 Å². The van der Waals surface area contributed by atoms with Crippen LogP contribution in [0.5, 0.6) is 0 Å². The Morgan fingerprint density at radius 2 is 1.78 bits per heavy atom. The molecule has 0 aliphatic rings. The average molecular weight is 526 g/mol. The van der Waals surface area contributed by atoms with E-state index in [9.17, 15) is 18.0 Å². The molecule has 32 heavy (non-hydrogen) atoms. The van der Waals surface area contributed by atoms with Gasteiger partial charge in [-0.1, -0.05) is 57.6 Å². The van der Waals surface area contributed by atoms with Crippen LogP contribution in [0.15, 0.2) is 64.8 Å². The number of rotatable bonds is 8. The fraction of sp³-hybridized carbons (Fsp3) is 0.227. The number of ether oxygens (including phenoxy) is 1. The number of hydrogen-bond donors (Lipinski definition) is 1. The van der Waals surface area contributed by atoms with E-state index in [-0.39, 0.29) is 12.3 Å². The van der Waals surface area contributed by atoms with Gasteiger partial charge in [0.05, 0.1) is 17.9 Å². The number of azo groups is 1. The van der Waals surface area contributed by atoms with Crippen LogP contribution in [0.25, 0.3) is 11.1 Å². The first-order valence-corrected chi connectivity index (χ1v) is 11.6. The van der Waals surface area contributed by atoms with Gasteiger partial charge >= 0.3 is 12.1 Å². The van der Waals surface area contributed by atoms with E-state index in [1.165, 1.54) is 23.5 Å². The second kappa shape index (κ2) is 10.7. The minimum atomic E-state index is -4.42. The van der Waals surface area contributed by atoms with Gasteiger partial charge in [0, 0.05) is 17.4 Å². The number of nitrogens with one attached hydrogen (secondary N) is 1. The summed E-state index contributed by atoms with van der Waals surface area (Å²) in [5.41, 5.74) is 1.16.